The van der Waals surface area contributed by atoms with Crippen molar-refractivity contribution in [3.8, 4) is 0 Å². The quantitative estimate of drug-likeness (QED) is 0.143. The van der Waals surface area contributed by atoms with E-state index in [-0.39, 0.29) is 0 Å². The molecule has 0 aromatic carbocycles. The Balaban J connectivity index is 3.76. The second kappa shape index (κ2) is 22.7. The molecule has 0 rings (SSSR count). The van der Waals surface area contributed by atoms with Crippen LogP contribution < -0.4 is 0 Å². The molecule has 2 nitrogen and oxygen atoms in total. The number of rotatable bonds is 21. The largest absolute Gasteiger partial charge is 0.326 e. The molecule has 0 aliphatic rings. The molecule has 0 bridgehead atoms. The Morgan fingerprint density at radius 1 is 0.520 bits per heavy atom. The fourth-order valence-electron chi connectivity index (χ4n) is 2.65. The van der Waals surface area contributed by atoms with Gasteiger partial charge in [0.25, 0.3) is 0 Å². The van der Waals surface area contributed by atoms with Gasteiger partial charge in [-0.15, -0.1) is 0 Å². The Kier molecular flexibility index (Phi) is 23.4. The van der Waals surface area contributed by atoms with Crippen molar-refractivity contribution in [2.24, 2.45) is 0 Å². The van der Waals surface area contributed by atoms with Crippen LogP contribution in [0.1, 0.15) is 117 Å². The first-order valence-electron chi connectivity index (χ1n) is 11.0. The molecule has 0 aromatic heterocycles. The van der Waals surface area contributed by atoms with E-state index < -0.39 is 7.58 Å². The molecule has 0 saturated heterocycles. The maximum atomic E-state index is 6.08. The van der Waals surface area contributed by atoms with Crippen molar-refractivity contribution >= 4 is 19.0 Å². The van der Waals surface area contributed by atoms with Gasteiger partial charge in [0.05, 0.1) is 13.2 Å². The lowest BCUT2D eigenvalue weighted by atomic mass is 10.2. The second-order valence-corrected chi connectivity index (χ2v) is 10.3. The highest BCUT2D eigenvalue weighted by atomic mass is 32.7. The van der Waals surface area contributed by atoms with Crippen LogP contribution in [0.25, 0.3) is 0 Å². The van der Waals surface area contributed by atoms with Crippen LogP contribution >= 0.6 is 19.0 Å². The van der Waals surface area contributed by atoms with Gasteiger partial charge in [-0.25, -0.2) is 0 Å². The number of hydrogen-bond donors (Lipinski definition) is 0. The van der Waals surface area contributed by atoms with E-state index in [1.165, 1.54) is 102 Å². The number of unbranched alkanes of at least 4 members (excludes halogenated alkanes) is 12. The van der Waals surface area contributed by atoms with Crippen LogP contribution in [-0.4, -0.2) is 19.0 Å². The molecule has 0 N–H and O–H groups in total. The summed E-state index contributed by atoms with van der Waals surface area (Å²) in [6.45, 7) is 8.57. The highest BCUT2D eigenvalue weighted by Gasteiger charge is 2.11. The third kappa shape index (κ3) is 20.9. The SMILES string of the molecule is CCCCCCCOP(OCCCCCCC)SCCCCCCC. The van der Waals surface area contributed by atoms with Gasteiger partial charge in [0.2, 0.25) is 7.58 Å². The average molecular weight is 393 g/mol. The predicted octanol–water partition coefficient (Wildman–Crippen LogP) is 8.89. The molecule has 0 fully saturated rings. The third-order valence-corrected chi connectivity index (χ3v) is 7.62. The second-order valence-electron chi connectivity index (χ2n) is 6.97. The first-order valence-corrected chi connectivity index (χ1v) is 13.8. The van der Waals surface area contributed by atoms with Crippen molar-refractivity contribution in [2.45, 2.75) is 117 Å². The lowest BCUT2D eigenvalue weighted by molar-refractivity contribution is 0.252. The molecule has 0 heterocycles. The van der Waals surface area contributed by atoms with Gasteiger partial charge >= 0.3 is 0 Å². The van der Waals surface area contributed by atoms with E-state index in [4.69, 9.17) is 9.05 Å². The summed E-state index contributed by atoms with van der Waals surface area (Å²) in [6, 6.07) is 0. The Bertz CT molecular complexity index is 204. The molecular formula is C21H45O2PS. The molecule has 25 heavy (non-hydrogen) atoms. The fraction of sp³-hybridized carbons (Fsp3) is 1.00. The Morgan fingerprint density at radius 2 is 0.920 bits per heavy atom. The van der Waals surface area contributed by atoms with E-state index in [2.05, 4.69) is 20.8 Å². The van der Waals surface area contributed by atoms with E-state index in [9.17, 15) is 0 Å². The molecule has 152 valence electrons. The van der Waals surface area contributed by atoms with Crippen LogP contribution in [0.2, 0.25) is 0 Å². The molecule has 0 unspecified atom stereocenters. The van der Waals surface area contributed by atoms with Gasteiger partial charge in [-0.2, -0.15) is 0 Å². The number of hydrogen-bond acceptors (Lipinski definition) is 3. The minimum absolute atomic E-state index is 0.717. The zero-order valence-electron chi connectivity index (χ0n) is 17.4. The van der Waals surface area contributed by atoms with Crippen molar-refractivity contribution in [2.75, 3.05) is 19.0 Å². The van der Waals surface area contributed by atoms with Gasteiger partial charge in [-0.3, -0.25) is 0 Å². The van der Waals surface area contributed by atoms with Crippen LogP contribution in [0.3, 0.4) is 0 Å². The van der Waals surface area contributed by atoms with Gasteiger partial charge in [0.1, 0.15) is 0 Å². The van der Waals surface area contributed by atoms with Crippen molar-refractivity contribution in [1.29, 1.82) is 0 Å². The van der Waals surface area contributed by atoms with Crippen molar-refractivity contribution < 1.29 is 9.05 Å². The van der Waals surface area contributed by atoms with Gasteiger partial charge in [0, 0.05) is 5.75 Å². The highest BCUT2D eigenvalue weighted by molar-refractivity contribution is 8.52. The summed E-state index contributed by atoms with van der Waals surface area (Å²) in [5, 5.41) is 0. The van der Waals surface area contributed by atoms with Crippen molar-refractivity contribution in [1.82, 2.24) is 0 Å². The van der Waals surface area contributed by atoms with E-state index in [0.29, 0.717) is 0 Å². The summed E-state index contributed by atoms with van der Waals surface area (Å²) in [7, 11) is -0.717. The molecule has 0 saturated carbocycles. The normalized spacial score (nSPS) is 11.5. The zero-order chi connectivity index (χ0) is 18.4. The van der Waals surface area contributed by atoms with Gasteiger partial charge in [0.15, 0.2) is 0 Å². The van der Waals surface area contributed by atoms with Gasteiger partial charge < -0.3 is 9.05 Å². The molecule has 0 amide bonds. The minimum atomic E-state index is -0.717. The van der Waals surface area contributed by atoms with Gasteiger partial charge in [-0.05, 0) is 19.3 Å². The van der Waals surface area contributed by atoms with E-state index in [1.807, 2.05) is 11.4 Å². The molecule has 0 radical (unpaired) electrons. The van der Waals surface area contributed by atoms with Crippen LogP contribution in [-0.2, 0) is 9.05 Å². The van der Waals surface area contributed by atoms with Crippen LogP contribution in [0.4, 0.5) is 0 Å². The summed E-state index contributed by atoms with van der Waals surface area (Å²) in [5.41, 5.74) is 0. The molecule has 0 aliphatic heterocycles. The summed E-state index contributed by atoms with van der Waals surface area (Å²) in [5.74, 6) is 1.20. The zero-order valence-corrected chi connectivity index (χ0v) is 19.1. The van der Waals surface area contributed by atoms with Gasteiger partial charge in [-0.1, -0.05) is 109 Å². The lowest BCUT2D eigenvalue weighted by Crippen LogP contribution is -1.95. The molecule has 0 aliphatic carbocycles. The predicted molar refractivity (Wildman–Crippen MR) is 118 cm³/mol. The van der Waals surface area contributed by atoms with Crippen molar-refractivity contribution in [3.63, 3.8) is 0 Å². The monoisotopic (exact) mass is 392 g/mol. The minimum Gasteiger partial charge on any atom is -0.326 e. The first-order chi connectivity index (χ1) is 12.3. The van der Waals surface area contributed by atoms with E-state index >= 15 is 0 Å². The topological polar surface area (TPSA) is 18.5 Å². The summed E-state index contributed by atoms with van der Waals surface area (Å²) in [4.78, 5) is 0. The molecule has 0 spiro atoms. The summed E-state index contributed by atoms with van der Waals surface area (Å²) >= 11 is 1.94. The average Bonchev–Trinajstić information content (AvgIpc) is 2.63. The van der Waals surface area contributed by atoms with Crippen LogP contribution in [0, 0.1) is 0 Å². The Labute approximate surface area is 164 Å². The molecule has 0 aromatic rings. The lowest BCUT2D eigenvalue weighted by Gasteiger charge is -2.16. The van der Waals surface area contributed by atoms with E-state index in [0.717, 1.165) is 13.2 Å². The Morgan fingerprint density at radius 3 is 1.36 bits per heavy atom. The fourth-order valence-corrected chi connectivity index (χ4v) is 5.64. The van der Waals surface area contributed by atoms with Crippen LogP contribution in [0.5, 0.6) is 0 Å². The van der Waals surface area contributed by atoms with Crippen LogP contribution in [0.15, 0.2) is 0 Å². The summed E-state index contributed by atoms with van der Waals surface area (Å²) < 4.78 is 12.2. The third-order valence-electron chi connectivity index (χ3n) is 4.33. The highest BCUT2D eigenvalue weighted by Crippen LogP contribution is 2.52. The van der Waals surface area contributed by atoms with Crippen molar-refractivity contribution in [3.05, 3.63) is 0 Å². The first kappa shape index (κ1) is 25.7. The molecule has 4 heteroatoms. The summed E-state index contributed by atoms with van der Waals surface area (Å²) in [6.07, 6.45) is 19.8. The standard InChI is InChI=1S/C21H45O2PS/c1-4-7-10-13-16-19-22-24(23-20-17-14-11-8-5-2)25-21-18-15-12-9-6-3/h4-21H2,1-3H3. The Hall–Kier alpha value is 0.700. The van der Waals surface area contributed by atoms with E-state index in [1.54, 1.807) is 0 Å². The maximum absolute atomic E-state index is 6.08. The molecular weight excluding hydrogens is 347 g/mol. The molecule has 0 atom stereocenters. The maximum Gasteiger partial charge on any atom is 0.238 e. The smallest absolute Gasteiger partial charge is 0.238 e.